The zero-order valence-electron chi connectivity index (χ0n) is 11.2. The quantitative estimate of drug-likeness (QED) is 0.674. The predicted octanol–water partition coefficient (Wildman–Crippen LogP) is 1.58. The summed E-state index contributed by atoms with van der Waals surface area (Å²) in [6, 6.07) is 3.12. The van der Waals surface area contributed by atoms with Gasteiger partial charge in [-0.05, 0) is 24.0 Å². The highest BCUT2D eigenvalue weighted by Crippen LogP contribution is 2.32. The van der Waals surface area contributed by atoms with Crippen LogP contribution >= 0.6 is 0 Å². The molecular formula is C12H16N2O5S. The molecular weight excluding hydrogens is 284 g/mol. The molecule has 1 N–H and O–H groups in total. The Labute approximate surface area is 117 Å². The largest absolute Gasteiger partial charge is 0.502 e. The Morgan fingerprint density at radius 2 is 1.85 bits per heavy atom. The highest BCUT2D eigenvalue weighted by Gasteiger charge is 2.35. The van der Waals surface area contributed by atoms with E-state index in [1.807, 2.05) is 13.8 Å². The zero-order valence-corrected chi connectivity index (χ0v) is 12.0. The number of benzene rings is 1. The normalized spacial score (nSPS) is 23.9. The third-order valence-corrected chi connectivity index (χ3v) is 5.56. The number of aromatic hydroxyl groups is 1. The summed E-state index contributed by atoms with van der Waals surface area (Å²) in [5, 5.41) is 20.1. The molecule has 1 fully saturated rings. The molecule has 0 aromatic heterocycles. The summed E-state index contributed by atoms with van der Waals surface area (Å²) < 4.78 is 26.2. The first-order valence-corrected chi connectivity index (χ1v) is 7.65. The summed E-state index contributed by atoms with van der Waals surface area (Å²) in [5.41, 5.74) is -0.605. The minimum Gasteiger partial charge on any atom is -0.502 e. The van der Waals surface area contributed by atoms with Crippen molar-refractivity contribution in [2.75, 3.05) is 13.1 Å². The van der Waals surface area contributed by atoms with Crippen LogP contribution in [0.1, 0.15) is 13.8 Å². The fraction of sp³-hybridized carbons (Fsp3) is 0.500. The molecule has 1 aliphatic rings. The van der Waals surface area contributed by atoms with Crippen LogP contribution < -0.4 is 0 Å². The highest BCUT2D eigenvalue weighted by molar-refractivity contribution is 7.89. The van der Waals surface area contributed by atoms with Crippen LogP contribution in [0.3, 0.4) is 0 Å². The SMILES string of the molecule is CC1CN(S(=O)(=O)c2ccc(O)c([N+](=O)[O-])c2)CC1C. The van der Waals surface area contributed by atoms with Crippen LogP contribution in [0.15, 0.2) is 23.1 Å². The number of nitrogens with zero attached hydrogens (tertiary/aromatic N) is 2. The van der Waals surface area contributed by atoms with Gasteiger partial charge >= 0.3 is 5.69 Å². The summed E-state index contributed by atoms with van der Waals surface area (Å²) in [6.45, 7) is 4.75. The number of hydrogen-bond acceptors (Lipinski definition) is 5. The molecule has 0 amide bonds. The Morgan fingerprint density at radius 1 is 1.30 bits per heavy atom. The van der Waals surface area contributed by atoms with Gasteiger partial charge in [0.25, 0.3) is 0 Å². The van der Waals surface area contributed by atoms with Gasteiger partial charge in [-0.1, -0.05) is 13.8 Å². The van der Waals surface area contributed by atoms with E-state index in [0.717, 1.165) is 12.1 Å². The molecule has 1 aromatic rings. The number of phenols is 1. The molecule has 110 valence electrons. The number of nitro benzene ring substituents is 1. The van der Waals surface area contributed by atoms with E-state index >= 15 is 0 Å². The van der Waals surface area contributed by atoms with E-state index in [-0.39, 0.29) is 16.7 Å². The van der Waals surface area contributed by atoms with Gasteiger partial charge in [-0.2, -0.15) is 4.31 Å². The number of phenolic OH excluding ortho intramolecular Hbond substituents is 1. The summed E-state index contributed by atoms with van der Waals surface area (Å²) >= 11 is 0. The summed E-state index contributed by atoms with van der Waals surface area (Å²) in [5.74, 6) is -0.0501. The first-order chi connectivity index (χ1) is 9.23. The molecule has 7 nitrogen and oxygen atoms in total. The van der Waals surface area contributed by atoms with E-state index in [9.17, 15) is 23.6 Å². The maximum absolute atomic E-state index is 12.4. The maximum Gasteiger partial charge on any atom is 0.312 e. The van der Waals surface area contributed by atoms with Crippen molar-refractivity contribution < 1.29 is 18.4 Å². The van der Waals surface area contributed by atoms with Crippen molar-refractivity contribution in [2.24, 2.45) is 11.8 Å². The molecule has 2 atom stereocenters. The van der Waals surface area contributed by atoms with E-state index in [1.165, 1.54) is 10.4 Å². The van der Waals surface area contributed by atoms with Gasteiger partial charge in [0.2, 0.25) is 10.0 Å². The smallest absolute Gasteiger partial charge is 0.312 e. The predicted molar refractivity (Wildman–Crippen MR) is 71.8 cm³/mol. The van der Waals surface area contributed by atoms with Crippen LogP contribution in [-0.2, 0) is 10.0 Å². The minimum atomic E-state index is -3.76. The lowest BCUT2D eigenvalue weighted by Crippen LogP contribution is -2.29. The van der Waals surface area contributed by atoms with Crippen molar-refractivity contribution in [3.05, 3.63) is 28.3 Å². The molecule has 0 saturated carbocycles. The van der Waals surface area contributed by atoms with Crippen LogP contribution in [0.2, 0.25) is 0 Å². The number of rotatable bonds is 3. The molecule has 2 unspecified atom stereocenters. The fourth-order valence-corrected chi connectivity index (χ4v) is 3.89. The van der Waals surface area contributed by atoms with Gasteiger partial charge in [0, 0.05) is 19.2 Å². The average molecular weight is 300 g/mol. The van der Waals surface area contributed by atoms with Gasteiger partial charge in [-0.15, -0.1) is 0 Å². The lowest BCUT2D eigenvalue weighted by Gasteiger charge is -2.16. The standard InChI is InChI=1S/C12H16N2O5S/c1-8-6-13(7-9(8)2)20(18,19)10-3-4-12(15)11(5-10)14(16)17/h3-5,8-9,15H,6-7H2,1-2H3. The van der Waals surface area contributed by atoms with Gasteiger partial charge in [0.05, 0.1) is 9.82 Å². The molecule has 0 spiro atoms. The second-order valence-corrected chi connectivity index (χ2v) is 7.12. The van der Waals surface area contributed by atoms with Crippen LogP contribution in [0.4, 0.5) is 5.69 Å². The van der Waals surface area contributed by atoms with Crippen molar-refractivity contribution in [1.82, 2.24) is 4.31 Å². The van der Waals surface area contributed by atoms with Gasteiger partial charge in [0.15, 0.2) is 5.75 Å². The Morgan fingerprint density at radius 3 is 2.35 bits per heavy atom. The van der Waals surface area contributed by atoms with E-state index in [2.05, 4.69) is 0 Å². The van der Waals surface area contributed by atoms with Crippen LogP contribution in [0, 0.1) is 22.0 Å². The fourth-order valence-electron chi connectivity index (χ4n) is 2.23. The minimum absolute atomic E-state index is 0.164. The van der Waals surface area contributed by atoms with E-state index in [4.69, 9.17) is 0 Å². The molecule has 2 rings (SSSR count). The van der Waals surface area contributed by atoms with Crippen LogP contribution in [-0.4, -0.2) is 35.8 Å². The first-order valence-electron chi connectivity index (χ1n) is 6.21. The van der Waals surface area contributed by atoms with E-state index < -0.39 is 26.4 Å². The van der Waals surface area contributed by atoms with Crippen LogP contribution in [0.5, 0.6) is 5.75 Å². The summed E-state index contributed by atoms with van der Waals surface area (Å²) in [6.07, 6.45) is 0. The summed E-state index contributed by atoms with van der Waals surface area (Å²) in [4.78, 5) is 9.80. The molecule has 1 aromatic carbocycles. The molecule has 0 radical (unpaired) electrons. The Hall–Kier alpha value is -1.67. The van der Waals surface area contributed by atoms with Crippen LogP contribution in [0.25, 0.3) is 0 Å². The number of hydrogen-bond donors (Lipinski definition) is 1. The molecule has 1 heterocycles. The van der Waals surface area contributed by atoms with Crippen molar-refractivity contribution in [1.29, 1.82) is 0 Å². The van der Waals surface area contributed by atoms with Gasteiger partial charge in [0.1, 0.15) is 0 Å². The molecule has 0 aliphatic carbocycles. The highest BCUT2D eigenvalue weighted by atomic mass is 32.2. The van der Waals surface area contributed by atoms with Gasteiger partial charge in [-0.3, -0.25) is 10.1 Å². The number of nitro groups is 1. The van der Waals surface area contributed by atoms with Gasteiger partial charge in [-0.25, -0.2) is 8.42 Å². The Kier molecular flexibility index (Phi) is 3.70. The van der Waals surface area contributed by atoms with Crippen molar-refractivity contribution in [3.8, 4) is 5.75 Å². The Balaban J connectivity index is 2.40. The van der Waals surface area contributed by atoms with Gasteiger partial charge < -0.3 is 5.11 Å². The van der Waals surface area contributed by atoms with E-state index in [0.29, 0.717) is 13.1 Å². The lowest BCUT2D eigenvalue weighted by molar-refractivity contribution is -0.386. The maximum atomic E-state index is 12.4. The second-order valence-electron chi connectivity index (χ2n) is 5.18. The van der Waals surface area contributed by atoms with E-state index in [1.54, 1.807) is 0 Å². The molecule has 1 saturated heterocycles. The second kappa shape index (κ2) is 5.02. The molecule has 1 aliphatic heterocycles. The average Bonchev–Trinajstić information content (AvgIpc) is 2.70. The van der Waals surface area contributed by atoms with Crippen molar-refractivity contribution in [3.63, 3.8) is 0 Å². The summed E-state index contributed by atoms with van der Waals surface area (Å²) in [7, 11) is -3.76. The molecule has 8 heteroatoms. The molecule has 20 heavy (non-hydrogen) atoms. The zero-order chi connectivity index (χ0) is 15.1. The Bertz CT molecular complexity index is 633. The third kappa shape index (κ3) is 2.48. The first kappa shape index (κ1) is 14.7. The molecule has 0 bridgehead atoms. The number of sulfonamides is 1. The third-order valence-electron chi connectivity index (χ3n) is 3.74. The lowest BCUT2D eigenvalue weighted by atomic mass is 10.0. The van der Waals surface area contributed by atoms with Crippen molar-refractivity contribution in [2.45, 2.75) is 18.7 Å². The van der Waals surface area contributed by atoms with Crippen molar-refractivity contribution >= 4 is 15.7 Å². The topological polar surface area (TPSA) is 101 Å². The monoisotopic (exact) mass is 300 g/mol.